The molecule has 0 saturated heterocycles. The third-order valence-corrected chi connectivity index (χ3v) is 4.02. The lowest BCUT2D eigenvalue weighted by molar-refractivity contribution is 0.0931. The highest BCUT2D eigenvalue weighted by Gasteiger charge is 2.18. The highest BCUT2D eigenvalue weighted by atomic mass is 79.9. The third kappa shape index (κ3) is 3.39. The Hall–Kier alpha value is -1.27. The van der Waals surface area contributed by atoms with E-state index >= 15 is 0 Å². The summed E-state index contributed by atoms with van der Waals surface area (Å²) in [5.41, 5.74) is 0.0400. The lowest BCUT2D eigenvalue weighted by atomic mass is 10.1. The van der Waals surface area contributed by atoms with Crippen LogP contribution in [0.4, 0.5) is 4.39 Å². The maximum Gasteiger partial charge on any atom is 0.254 e. The molecule has 1 N–H and O–H groups in total. The van der Waals surface area contributed by atoms with Gasteiger partial charge in [-0.2, -0.15) is 0 Å². The van der Waals surface area contributed by atoms with Crippen LogP contribution in [0.25, 0.3) is 0 Å². The Bertz CT molecular complexity index is 574. The number of carbonyl (C=O) groups excluding carboxylic acids is 1. The summed E-state index contributed by atoms with van der Waals surface area (Å²) < 4.78 is 14.3. The maximum absolute atomic E-state index is 13.7. The van der Waals surface area contributed by atoms with E-state index in [9.17, 15) is 9.18 Å². The van der Waals surface area contributed by atoms with Gasteiger partial charge in [0.2, 0.25) is 0 Å². The molecular weight excluding hydrogens is 331 g/mol. The summed E-state index contributed by atoms with van der Waals surface area (Å²) in [6, 6.07) is 4.20. The summed E-state index contributed by atoms with van der Waals surface area (Å²) in [5, 5.41) is 5.48. The molecule has 0 aliphatic heterocycles. The van der Waals surface area contributed by atoms with Crippen LogP contribution in [-0.2, 0) is 0 Å². The fourth-order valence-electron chi connectivity index (χ4n) is 1.65. The maximum atomic E-state index is 13.7. The van der Waals surface area contributed by atoms with Crippen molar-refractivity contribution in [3.63, 3.8) is 0 Å². The lowest BCUT2D eigenvalue weighted by Gasteiger charge is -2.14. The van der Waals surface area contributed by atoms with Gasteiger partial charge in [-0.05, 0) is 24.6 Å². The van der Waals surface area contributed by atoms with Crippen LogP contribution in [0.2, 0.25) is 0 Å². The molecule has 2 aromatic rings. The molecule has 0 aliphatic carbocycles. The standard InChI is InChI=1S/C13H12BrFN2OS/c1-2-11(13-16-5-6-19-13)17-12(18)9-4-3-8(14)7-10(9)15/h3-7,11H,2H2,1H3,(H,17,18). The molecule has 0 fully saturated rings. The van der Waals surface area contributed by atoms with E-state index in [2.05, 4.69) is 26.2 Å². The van der Waals surface area contributed by atoms with Gasteiger partial charge in [0, 0.05) is 16.0 Å². The molecule has 1 aromatic heterocycles. The highest BCUT2D eigenvalue weighted by Crippen LogP contribution is 2.20. The van der Waals surface area contributed by atoms with Gasteiger partial charge in [0.1, 0.15) is 10.8 Å². The summed E-state index contributed by atoms with van der Waals surface area (Å²) in [4.78, 5) is 16.2. The summed E-state index contributed by atoms with van der Waals surface area (Å²) >= 11 is 4.63. The molecule has 0 radical (unpaired) electrons. The van der Waals surface area contributed by atoms with Crippen molar-refractivity contribution in [1.29, 1.82) is 0 Å². The van der Waals surface area contributed by atoms with Crippen molar-refractivity contribution in [3.8, 4) is 0 Å². The second-order valence-electron chi connectivity index (χ2n) is 3.93. The van der Waals surface area contributed by atoms with Gasteiger partial charge >= 0.3 is 0 Å². The van der Waals surface area contributed by atoms with Crippen LogP contribution in [-0.4, -0.2) is 10.9 Å². The quantitative estimate of drug-likeness (QED) is 0.914. The topological polar surface area (TPSA) is 42.0 Å². The molecule has 100 valence electrons. The van der Waals surface area contributed by atoms with Gasteiger partial charge in [-0.3, -0.25) is 4.79 Å². The number of halogens is 2. The molecule has 1 atom stereocenters. The number of thiazole rings is 1. The van der Waals surface area contributed by atoms with Crippen molar-refractivity contribution in [2.75, 3.05) is 0 Å². The number of hydrogen-bond acceptors (Lipinski definition) is 3. The highest BCUT2D eigenvalue weighted by molar-refractivity contribution is 9.10. The van der Waals surface area contributed by atoms with Gasteiger partial charge in [0.15, 0.2) is 0 Å². The molecule has 0 spiro atoms. The van der Waals surface area contributed by atoms with Crippen LogP contribution >= 0.6 is 27.3 Å². The minimum atomic E-state index is -0.541. The van der Waals surface area contributed by atoms with Gasteiger partial charge in [-0.1, -0.05) is 22.9 Å². The molecule has 2 rings (SSSR count). The molecule has 0 saturated carbocycles. The van der Waals surface area contributed by atoms with Crippen molar-refractivity contribution < 1.29 is 9.18 Å². The second-order valence-corrected chi connectivity index (χ2v) is 5.77. The van der Waals surface area contributed by atoms with Gasteiger partial charge in [-0.25, -0.2) is 9.37 Å². The fourth-order valence-corrected chi connectivity index (χ4v) is 2.76. The first-order valence-corrected chi connectivity index (χ1v) is 7.44. The Labute approximate surface area is 123 Å². The Morgan fingerprint density at radius 2 is 2.37 bits per heavy atom. The SMILES string of the molecule is CCC(NC(=O)c1ccc(Br)cc1F)c1nccs1. The number of nitrogens with one attached hydrogen (secondary N) is 1. The predicted molar refractivity (Wildman–Crippen MR) is 76.7 cm³/mol. The van der Waals surface area contributed by atoms with Crippen LogP contribution in [0, 0.1) is 5.82 Å². The van der Waals surface area contributed by atoms with Crippen molar-refractivity contribution in [2.45, 2.75) is 19.4 Å². The van der Waals surface area contributed by atoms with Gasteiger partial charge < -0.3 is 5.32 Å². The number of carbonyl (C=O) groups is 1. The Morgan fingerprint density at radius 3 is 2.95 bits per heavy atom. The largest absolute Gasteiger partial charge is 0.343 e. The third-order valence-electron chi connectivity index (χ3n) is 2.64. The number of amides is 1. The van der Waals surface area contributed by atoms with Crippen LogP contribution in [0.1, 0.15) is 34.8 Å². The molecule has 1 aromatic carbocycles. The van der Waals surface area contributed by atoms with Crippen LogP contribution < -0.4 is 5.32 Å². The number of aromatic nitrogens is 1. The van der Waals surface area contributed by atoms with Crippen molar-refractivity contribution in [3.05, 3.63) is 50.6 Å². The van der Waals surface area contributed by atoms with Gasteiger partial charge in [0.25, 0.3) is 5.91 Å². The number of rotatable bonds is 4. The Kier molecular flexibility index (Phi) is 4.66. The predicted octanol–water partition coefficient (Wildman–Crippen LogP) is 3.93. The van der Waals surface area contributed by atoms with E-state index in [0.29, 0.717) is 10.9 Å². The first-order valence-electron chi connectivity index (χ1n) is 5.77. The number of nitrogens with zero attached hydrogens (tertiary/aromatic N) is 1. The molecule has 1 amide bonds. The van der Waals surface area contributed by atoms with E-state index in [1.807, 2.05) is 12.3 Å². The number of hydrogen-bond donors (Lipinski definition) is 1. The fraction of sp³-hybridized carbons (Fsp3) is 0.231. The summed E-state index contributed by atoms with van der Waals surface area (Å²) in [7, 11) is 0. The van der Waals surface area contributed by atoms with E-state index in [1.54, 1.807) is 12.3 Å². The van der Waals surface area contributed by atoms with Crippen LogP contribution in [0.5, 0.6) is 0 Å². The Balaban J connectivity index is 2.16. The average molecular weight is 343 g/mol. The van der Waals surface area contributed by atoms with Crippen molar-refractivity contribution >= 4 is 33.2 Å². The van der Waals surface area contributed by atoms with Gasteiger partial charge in [-0.15, -0.1) is 11.3 Å². The molecule has 6 heteroatoms. The molecule has 3 nitrogen and oxygen atoms in total. The molecule has 1 heterocycles. The van der Waals surface area contributed by atoms with E-state index < -0.39 is 11.7 Å². The average Bonchev–Trinajstić information content (AvgIpc) is 2.89. The van der Waals surface area contributed by atoms with E-state index in [4.69, 9.17) is 0 Å². The lowest BCUT2D eigenvalue weighted by Crippen LogP contribution is -2.28. The minimum absolute atomic E-state index is 0.0400. The van der Waals surface area contributed by atoms with E-state index in [0.717, 1.165) is 5.01 Å². The normalized spacial score (nSPS) is 12.2. The smallest absolute Gasteiger partial charge is 0.254 e. The zero-order chi connectivity index (χ0) is 13.8. The first-order chi connectivity index (χ1) is 9.11. The van der Waals surface area contributed by atoms with Crippen molar-refractivity contribution in [2.24, 2.45) is 0 Å². The molecule has 19 heavy (non-hydrogen) atoms. The summed E-state index contributed by atoms with van der Waals surface area (Å²) in [5.74, 6) is -0.965. The Morgan fingerprint density at radius 1 is 1.58 bits per heavy atom. The molecule has 0 bridgehead atoms. The zero-order valence-electron chi connectivity index (χ0n) is 10.2. The number of benzene rings is 1. The molecule has 0 aliphatic rings. The van der Waals surface area contributed by atoms with Gasteiger partial charge in [0.05, 0.1) is 11.6 Å². The minimum Gasteiger partial charge on any atom is -0.343 e. The van der Waals surface area contributed by atoms with E-state index in [-0.39, 0.29) is 11.6 Å². The zero-order valence-corrected chi connectivity index (χ0v) is 12.6. The van der Waals surface area contributed by atoms with Crippen LogP contribution in [0.3, 0.4) is 0 Å². The van der Waals surface area contributed by atoms with E-state index in [1.165, 1.54) is 23.5 Å². The first kappa shape index (κ1) is 14.1. The summed E-state index contributed by atoms with van der Waals surface area (Å²) in [6.45, 7) is 1.95. The second kappa shape index (κ2) is 6.25. The summed E-state index contributed by atoms with van der Waals surface area (Å²) in [6.07, 6.45) is 2.40. The monoisotopic (exact) mass is 342 g/mol. The molecular formula is C13H12BrFN2OS. The van der Waals surface area contributed by atoms with Crippen molar-refractivity contribution in [1.82, 2.24) is 10.3 Å². The molecule has 1 unspecified atom stereocenters. The van der Waals surface area contributed by atoms with Crippen LogP contribution in [0.15, 0.2) is 34.2 Å².